The summed E-state index contributed by atoms with van der Waals surface area (Å²) in [6.45, 7) is 6.01. The molecule has 0 aliphatic carbocycles. The van der Waals surface area contributed by atoms with Crippen molar-refractivity contribution in [1.29, 1.82) is 0 Å². The number of rotatable bonds is 6. The van der Waals surface area contributed by atoms with Crippen LogP contribution < -0.4 is 11.3 Å². The number of nitrogens with one attached hydrogen (secondary N) is 1. The zero-order valence-corrected chi connectivity index (χ0v) is 11.1. The number of piperazine rings is 1. The van der Waals surface area contributed by atoms with Crippen LogP contribution in [-0.4, -0.2) is 80.5 Å². The molecule has 0 aromatic carbocycles. The Balaban J connectivity index is 2.33. The molecule has 0 unspecified atom stereocenters. The highest BCUT2D eigenvalue weighted by atomic mass is 16.5. The zero-order chi connectivity index (χ0) is 13.2. The van der Waals surface area contributed by atoms with E-state index in [0.717, 1.165) is 45.1 Å². The van der Waals surface area contributed by atoms with Crippen molar-refractivity contribution in [3.05, 3.63) is 0 Å². The maximum atomic E-state index is 8.88. The molecular formula is C11H25N5O2. The van der Waals surface area contributed by atoms with Crippen molar-refractivity contribution in [2.75, 3.05) is 59.6 Å². The van der Waals surface area contributed by atoms with Gasteiger partial charge in [-0.05, 0) is 6.42 Å². The summed E-state index contributed by atoms with van der Waals surface area (Å²) < 4.78 is 4.98. The number of nitrogens with two attached hydrogens (primary N) is 1. The number of aliphatic hydroxyl groups excluding tert-OH is 1. The Morgan fingerprint density at radius 3 is 2.67 bits per heavy atom. The summed E-state index contributed by atoms with van der Waals surface area (Å²) in [7, 11) is 1.69. The Morgan fingerprint density at radius 2 is 2.11 bits per heavy atom. The highest BCUT2D eigenvalue weighted by Gasteiger charge is 2.18. The molecule has 0 spiro atoms. The summed E-state index contributed by atoms with van der Waals surface area (Å²) >= 11 is 0. The van der Waals surface area contributed by atoms with E-state index in [1.54, 1.807) is 7.11 Å². The summed E-state index contributed by atoms with van der Waals surface area (Å²) in [5, 5.41) is 8.88. The van der Waals surface area contributed by atoms with Crippen molar-refractivity contribution in [2.45, 2.75) is 6.42 Å². The average molecular weight is 259 g/mol. The third kappa shape index (κ3) is 5.18. The Bertz CT molecular complexity index is 242. The first-order valence-electron chi connectivity index (χ1n) is 6.40. The molecule has 1 rings (SSSR count). The van der Waals surface area contributed by atoms with Gasteiger partial charge < -0.3 is 14.7 Å². The van der Waals surface area contributed by atoms with Crippen molar-refractivity contribution >= 4 is 5.96 Å². The maximum Gasteiger partial charge on any atom is 0.208 e. The number of ether oxygens (including phenoxy) is 1. The minimum Gasteiger partial charge on any atom is -0.395 e. The van der Waals surface area contributed by atoms with E-state index in [-0.39, 0.29) is 6.61 Å². The lowest BCUT2D eigenvalue weighted by atomic mass is 10.3. The first-order valence-corrected chi connectivity index (χ1v) is 6.40. The monoisotopic (exact) mass is 259 g/mol. The molecule has 1 aliphatic heterocycles. The quantitative estimate of drug-likeness (QED) is 0.176. The van der Waals surface area contributed by atoms with E-state index in [1.165, 1.54) is 0 Å². The van der Waals surface area contributed by atoms with Crippen LogP contribution in [0.1, 0.15) is 6.42 Å². The first-order chi connectivity index (χ1) is 8.81. The molecule has 1 heterocycles. The molecule has 1 fully saturated rings. The lowest BCUT2D eigenvalue weighted by Gasteiger charge is -2.35. The van der Waals surface area contributed by atoms with Gasteiger partial charge in [-0.3, -0.25) is 15.3 Å². The number of hydrogen-bond acceptors (Lipinski definition) is 5. The second-order valence-electron chi connectivity index (χ2n) is 4.25. The summed E-state index contributed by atoms with van der Waals surface area (Å²) in [5.74, 6) is 6.25. The topological polar surface area (TPSA) is 86.4 Å². The Hall–Kier alpha value is -0.890. The Kier molecular flexibility index (Phi) is 7.66. The second-order valence-corrected chi connectivity index (χ2v) is 4.25. The van der Waals surface area contributed by atoms with Crippen molar-refractivity contribution in [1.82, 2.24) is 15.2 Å². The maximum absolute atomic E-state index is 8.88. The number of aliphatic hydroxyl groups is 1. The van der Waals surface area contributed by atoms with E-state index in [4.69, 9.17) is 15.7 Å². The second kappa shape index (κ2) is 9.09. The SMILES string of the molecule is COCCCN=C(NN)N1CCN(CCO)CC1. The van der Waals surface area contributed by atoms with Crippen LogP contribution in [-0.2, 0) is 4.74 Å². The molecule has 1 saturated heterocycles. The fraction of sp³-hybridized carbons (Fsp3) is 0.909. The molecule has 0 aromatic rings. The van der Waals surface area contributed by atoms with E-state index in [2.05, 4.69) is 20.2 Å². The van der Waals surface area contributed by atoms with Gasteiger partial charge in [0.15, 0.2) is 0 Å². The van der Waals surface area contributed by atoms with Crippen molar-refractivity contribution in [3.8, 4) is 0 Å². The Morgan fingerprint density at radius 1 is 1.39 bits per heavy atom. The largest absolute Gasteiger partial charge is 0.395 e. The normalized spacial score (nSPS) is 18.2. The van der Waals surface area contributed by atoms with Gasteiger partial charge in [-0.1, -0.05) is 0 Å². The lowest BCUT2D eigenvalue weighted by molar-refractivity contribution is 0.145. The molecule has 0 atom stereocenters. The molecular weight excluding hydrogens is 234 g/mol. The predicted octanol–water partition coefficient (Wildman–Crippen LogP) is -1.55. The van der Waals surface area contributed by atoms with Gasteiger partial charge in [-0.15, -0.1) is 0 Å². The van der Waals surface area contributed by atoms with E-state index >= 15 is 0 Å². The summed E-state index contributed by atoms with van der Waals surface area (Å²) in [6, 6.07) is 0. The van der Waals surface area contributed by atoms with E-state index in [9.17, 15) is 0 Å². The summed E-state index contributed by atoms with van der Waals surface area (Å²) in [5.41, 5.74) is 2.66. The highest BCUT2D eigenvalue weighted by Crippen LogP contribution is 2.01. The van der Waals surface area contributed by atoms with Crippen LogP contribution in [0.2, 0.25) is 0 Å². The number of hydrazine groups is 1. The number of guanidine groups is 1. The van der Waals surface area contributed by atoms with Crippen LogP contribution in [0.3, 0.4) is 0 Å². The molecule has 0 saturated carbocycles. The van der Waals surface area contributed by atoms with E-state index < -0.39 is 0 Å². The smallest absolute Gasteiger partial charge is 0.208 e. The number of β-amino-alcohol motifs (C(OH)–C–C–N with tert-alkyl or cyclic N) is 1. The predicted molar refractivity (Wildman–Crippen MR) is 71.2 cm³/mol. The number of methoxy groups -OCH3 is 1. The van der Waals surface area contributed by atoms with Crippen LogP contribution in [0.5, 0.6) is 0 Å². The van der Waals surface area contributed by atoms with Gasteiger partial charge in [0.1, 0.15) is 0 Å². The fourth-order valence-electron chi connectivity index (χ4n) is 1.96. The van der Waals surface area contributed by atoms with Crippen molar-refractivity contribution in [3.63, 3.8) is 0 Å². The minimum absolute atomic E-state index is 0.215. The van der Waals surface area contributed by atoms with Crippen molar-refractivity contribution < 1.29 is 9.84 Å². The standard InChI is InChI=1S/C11H25N5O2/c1-18-10-2-3-13-11(14-12)16-6-4-15(5-7-16)8-9-17/h17H,2-10,12H2,1H3,(H,13,14). The van der Waals surface area contributed by atoms with E-state index in [1.807, 2.05) is 0 Å². The highest BCUT2D eigenvalue weighted by molar-refractivity contribution is 5.79. The molecule has 0 radical (unpaired) electrons. The summed E-state index contributed by atoms with van der Waals surface area (Å²) in [4.78, 5) is 8.80. The summed E-state index contributed by atoms with van der Waals surface area (Å²) in [6.07, 6.45) is 0.895. The van der Waals surface area contributed by atoms with Gasteiger partial charge in [0.25, 0.3) is 0 Å². The zero-order valence-electron chi connectivity index (χ0n) is 11.1. The Labute approximate surface area is 109 Å². The fourth-order valence-corrected chi connectivity index (χ4v) is 1.96. The molecule has 0 aromatic heterocycles. The van der Waals surface area contributed by atoms with Crippen LogP contribution in [0.15, 0.2) is 4.99 Å². The third-order valence-electron chi connectivity index (χ3n) is 2.99. The van der Waals surface area contributed by atoms with Gasteiger partial charge in [0.05, 0.1) is 6.61 Å². The average Bonchev–Trinajstić information content (AvgIpc) is 2.41. The first kappa shape index (κ1) is 15.2. The van der Waals surface area contributed by atoms with Gasteiger partial charge in [-0.2, -0.15) is 0 Å². The number of aliphatic imine (C=N–C) groups is 1. The van der Waals surface area contributed by atoms with Gasteiger partial charge >= 0.3 is 0 Å². The van der Waals surface area contributed by atoms with Gasteiger partial charge in [-0.25, -0.2) is 5.84 Å². The van der Waals surface area contributed by atoms with Gasteiger partial charge in [0, 0.05) is 53.0 Å². The number of nitrogens with zero attached hydrogens (tertiary/aromatic N) is 3. The van der Waals surface area contributed by atoms with Gasteiger partial charge in [0.2, 0.25) is 5.96 Å². The molecule has 0 amide bonds. The van der Waals surface area contributed by atoms with Crippen LogP contribution >= 0.6 is 0 Å². The molecule has 18 heavy (non-hydrogen) atoms. The van der Waals surface area contributed by atoms with Crippen molar-refractivity contribution in [2.24, 2.45) is 10.8 Å². The van der Waals surface area contributed by atoms with Crippen LogP contribution in [0, 0.1) is 0 Å². The van der Waals surface area contributed by atoms with E-state index in [0.29, 0.717) is 13.2 Å². The molecule has 4 N–H and O–H groups in total. The minimum atomic E-state index is 0.215. The molecule has 7 heteroatoms. The van der Waals surface area contributed by atoms with Crippen LogP contribution in [0.4, 0.5) is 0 Å². The number of hydrogen-bond donors (Lipinski definition) is 3. The molecule has 0 bridgehead atoms. The lowest BCUT2D eigenvalue weighted by Crippen LogP contribution is -2.54. The molecule has 1 aliphatic rings. The van der Waals surface area contributed by atoms with Crippen LogP contribution in [0.25, 0.3) is 0 Å². The molecule has 106 valence electrons. The molecule has 7 nitrogen and oxygen atoms in total. The third-order valence-corrected chi connectivity index (χ3v) is 2.99.